The number of hydrogen-bond acceptors (Lipinski definition) is 2. The van der Waals surface area contributed by atoms with Crippen molar-refractivity contribution in [3.8, 4) is 0 Å². The highest BCUT2D eigenvalue weighted by Gasteiger charge is 2.25. The highest BCUT2D eigenvalue weighted by Crippen LogP contribution is 2.22. The quantitative estimate of drug-likeness (QED) is 0.654. The van der Waals surface area contributed by atoms with Gasteiger partial charge in [0.05, 0.1) is 5.60 Å². The SMILES string of the molecule is CC[C@](O)(/C=C/C(C)=O)C(C)C. The van der Waals surface area contributed by atoms with Crippen LogP contribution in [0.4, 0.5) is 0 Å². The molecule has 0 fully saturated rings. The first-order valence-electron chi connectivity index (χ1n) is 4.34. The summed E-state index contributed by atoms with van der Waals surface area (Å²) in [5.74, 6) is 0.112. The Morgan fingerprint density at radius 1 is 1.58 bits per heavy atom. The van der Waals surface area contributed by atoms with E-state index in [0.29, 0.717) is 6.42 Å². The van der Waals surface area contributed by atoms with Crippen LogP contribution in [-0.4, -0.2) is 16.5 Å². The van der Waals surface area contributed by atoms with E-state index in [-0.39, 0.29) is 11.7 Å². The molecule has 1 atom stereocenters. The summed E-state index contributed by atoms with van der Waals surface area (Å²) in [5.41, 5.74) is -0.828. The van der Waals surface area contributed by atoms with Crippen LogP contribution in [0.5, 0.6) is 0 Å². The normalized spacial score (nSPS) is 16.8. The Hall–Kier alpha value is -0.630. The van der Waals surface area contributed by atoms with Gasteiger partial charge in [0.1, 0.15) is 0 Å². The maximum atomic E-state index is 10.6. The van der Waals surface area contributed by atoms with Crippen molar-refractivity contribution in [2.24, 2.45) is 5.92 Å². The van der Waals surface area contributed by atoms with Crippen LogP contribution in [0, 0.1) is 5.92 Å². The van der Waals surface area contributed by atoms with Gasteiger partial charge in [-0.25, -0.2) is 0 Å². The lowest BCUT2D eigenvalue weighted by molar-refractivity contribution is -0.112. The number of allylic oxidation sites excluding steroid dienone is 1. The molecule has 0 heterocycles. The molecule has 0 saturated heterocycles. The van der Waals surface area contributed by atoms with Crippen LogP contribution in [0.25, 0.3) is 0 Å². The molecule has 0 amide bonds. The Morgan fingerprint density at radius 3 is 2.33 bits per heavy atom. The Balaban J connectivity index is 4.44. The molecule has 0 spiro atoms. The van der Waals surface area contributed by atoms with E-state index in [2.05, 4.69) is 0 Å². The largest absolute Gasteiger partial charge is 0.386 e. The monoisotopic (exact) mass is 170 g/mol. The number of carbonyl (C=O) groups is 1. The zero-order valence-corrected chi connectivity index (χ0v) is 8.29. The van der Waals surface area contributed by atoms with E-state index >= 15 is 0 Å². The minimum absolute atomic E-state index is 0.0254. The Labute approximate surface area is 74.3 Å². The van der Waals surface area contributed by atoms with Gasteiger partial charge < -0.3 is 5.11 Å². The molecule has 0 radical (unpaired) electrons. The van der Waals surface area contributed by atoms with Crippen LogP contribution in [0.15, 0.2) is 12.2 Å². The molecule has 2 heteroatoms. The van der Waals surface area contributed by atoms with E-state index in [1.165, 1.54) is 13.0 Å². The average molecular weight is 170 g/mol. The molecule has 0 aromatic carbocycles. The smallest absolute Gasteiger partial charge is 0.152 e. The van der Waals surface area contributed by atoms with Gasteiger partial charge in [-0.1, -0.05) is 20.8 Å². The first-order chi connectivity index (χ1) is 5.42. The molecular formula is C10H18O2. The Kier molecular flexibility index (Phi) is 4.18. The molecule has 0 aliphatic rings. The molecule has 0 aromatic heterocycles. The number of aliphatic hydroxyl groups is 1. The van der Waals surface area contributed by atoms with Crippen molar-refractivity contribution in [3.63, 3.8) is 0 Å². The third-order valence-corrected chi connectivity index (χ3v) is 2.17. The lowest BCUT2D eigenvalue weighted by Crippen LogP contribution is -2.31. The average Bonchev–Trinajstić information content (AvgIpc) is 1.99. The van der Waals surface area contributed by atoms with E-state index in [1.54, 1.807) is 6.08 Å². The summed E-state index contributed by atoms with van der Waals surface area (Å²) >= 11 is 0. The van der Waals surface area contributed by atoms with Crippen LogP contribution < -0.4 is 0 Å². The summed E-state index contributed by atoms with van der Waals surface area (Å²) in [4.78, 5) is 10.6. The summed E-state index contributed by atoms with van der Waals surface area (Å²) in [6, 6.07) is 0. The molecule has 0 aliphatic heterocycles. The lowest BCUT2D eigenvalue weighted by atomic mass is 9.87. The first kappa shape index (κ1) is 11.4. The second-order valence-electron chi connectivity index (χ2n) is 3.44. The predicted molar refractivity (Wildman–Crippen MR) is 49.9 cm³/mol. The van der Waals surface area contributed by atoms with E-state index in [1.807, 2.05) is 20.8 Å². The molecule has 0 unspecified atom stereocenters. The van der Waals surface area contributed by atoms with Gasteiger partial charge in [0.15, 0.2) is 5.78 Å². The zero-order chi connectivity index (χ0) is 9.78. The molecule has 0 aromatic rings. The molecule has 0 aliphatic carbocycles. The number of ketones is 1. The van der Waals surface area contributed by atoms with E-state index in [4.69, 9.17) is 0 Å². The third-order valence-electron chi connectivity index (χ3n) is 2.17. The second kappa shape index (κ2) is 4.41. The summed E-state index contributed by atoms with van der Waals surface area (Å²) in [5, 5.41) is 9.91. The van der Waals surface area contributed by atoms with E-state index < -0.39 is 5.60 Å². The van der Waals surface area contributed by atoms with Gasteiger partial charge in [-0.05, 0) is 31.4 Å². The fourth-order valence-electron chi connectivity index (χ4n) is 0.980. The van der Waals surface area contributed by atoms with Gasteiger partial charge >= 0.3 is 0 Å². The van der Waals surface area contributed by atoms with Crippen LogP contribution in [0.2, 0.25) is 0 Å². The Morgan fingerprint density at radius 2 is 2.08 bits per heavy atom. The topological polar surface area (TPSA) is 37.3 Å². The zero-order valence-electron chi connectivity index (χ0n) is 8.29. The van der Waals surface area contributed by atoms with Crippen LogP contribution in [-0.2, 0) is 4.79 Å². The molecule has 12 heavy (non-hydrogen) atoms. The molecule has 2 nitrogen and oxygen atoms in total. The van der Waals surface area contributed by atoms with Crippen molar-refractivity contribution in [2.45, 2.75) is 39.7 Å². The molecule has 0 saturated carbocycles. The summed E-state index contributed by atoms with van der Waals surface area (Å²) < 4.78 is 0. The van der Waals surface area contributed by atoms with Crippen molar-refractivity contribution in [3.05, 3.63) is 12.2 Å². The van der Waals surface area contributed by atoms with Gasteiger partial charge in [-0.15, -0.1) is 0 Å². The van der Waals surface area contributed by atoms with E-state index in [9.17, 15) is 9.90 Å². The highest BCUT2D eigenvalue weighted by atomic mass is 16.3. The number of hydrogen-bond donors (Lipinski definition) is 1. The van der Waals surface area contributed by atoms with Gasteiger partial charge in [-0.2, -0.15) is 0 Å². The predicted octanol–water partition coefficient (Wildman–Crippen LogP) is 1.93. The van der Waals surface area contributed by atoms with Crippen molar-refractivity contribution >= 4 is 5.78 Å². The first-order valence-corrected chi connectivity index (χ1v) is 4.34. The molecule has 70 valence electrons. The molecule has 0 rings (SSSR count). The second-order valence-corrected chi connectivity index (χ2v) is 3.44. The Bertz CT molecular complexity index is 182. The summed E-state index contributed by atoms with van der Waals surface area (Å²) in [6.07, 6.45) is 3.66. The minimum Gasteiger partial charge on any atom is -0.386 e. The maximum Gasteiger partial charge on any atom is 0.152 e. The third kappa shape index (κ3) is 3.18. The highest BCUT2D eigenvalue weighted by molar-refractivity contribution is 5.87. The fourth-order valence-corrected chi connectivity index (χ4v) is 0.980. The lowest BCUT2D eigenvalue weighted by Gasteiger charge is -2.27. The van der Waals surface area contributed by atoms with Crippen LogP contribution in [0.3, 0.4) is 0 Å². The van der Waals surface area contributed by atoms with Gasteiger partial charge in [0.25, 0.3) is 0 Å². The molecule has 0 bridgehead atoms. The van der Waals surface area contributed by atoms with Gasteiger partial charge in [0.2, 0.25) is 0 Å². The van der Waals surface area contributed by atoms with Gasteiger partial charge in [0, 0.05) is 0 Å². The van der Waals surface area contributed by atoms with Crippen molar-refractivity contribution in [1.29, 1.82) is 0 Å². The number of carbonyl (C=O) groups excluding carboxylic acids is 1. The van der Waals surface area contributed by atoms with Gasteiger partial charge in [-0.3, -0.25) is 4.79 Å². The molecular weight excluding hydrogens is 152 g/mol. The number of rotatable bonds is 4. The van der Waals surface area contributed by atoms with E-state index in [0.717, 1.165) is 0 Å². The van der Waals surface area contributed by atoms with Crippen LogP contribution in [0.1, 0.15) is 34.1 Å². The van der Waals surface area contributed by atoms with Crippen LogP contribution >= 0.6 is 0 Å². The van der Waals surface area contributed by atoms with Crippen molar-refractivity contribution in [1.82, 2.24) is 0 Å². The standard InChI is InChI=1S/C10H18O2/c1-5-10(12,8(2)3)7-6-9(4)11/h6-8,12H,5H2,1-4H3/b7-6+/t10-/m0/s1. The molecule has 1 N–H and O–H groups in total. The summed E-state index contributed by atoms with van der Waals surface area (Å²) in [6.45, 7) is 7.26. The van der Waals surface area contributed by atoms with Crippen molar-refractivity contribution in [2.75, 3.05) is 0 Å². The minimum atomic E-state index is -0.828. The fraction of sp³-hybridized carbons (Fsp3) is 0.700. The maximum absolute atomic E-state index is 10.6. The van der Waals surface area contributed by atoms with Crippen molar-refractivity contribution < 1.29 is 9.90 Å². The summed E-state index contributed by atoms with van der Waals surface area (Å²) in [7, 11) is 0.